The average molecular weight is 457 g/mol. The summed E-state index contributed by atoms with van der Waals surface area (Å²) in [6, 6.07) is 8.69. The lowest BCUT2D eigenvalue weighted by Gasteiger charge is -2.33. The highest BCUT2D eigenvalue weighted by molar-refractivity contribution is 7.99. The summed E-state index contributed by atoms with van der Waals surface area (Å²) in [4.78, 5) is 25.7. The Morgan fingerprint density at radius 1 is 1.31 bits per heavy atom. The van der Waals surface area contributed by atoms with Crippen molar-refractivity contribution in [1.82, 2.24) is 20.0 Å². The highest BCUT2D eigenvalue weighted by atomic mass is 35.5. The Labute approximate surface area is 183 Å². The summed E-state index contributed by atoms with van der Waals surface area (Å²) in [5.74, 6) is 0.126. The van der Waals surface area contributed by atoms with Crippen LogP contribution in [0.2, 0.25) is 10.0 Å². The number of thioether (sulfide) groups is 1. The third-order valence-electron chi connectivity index (χ3n) is 4.43. The molecule has 7 nitrogen and oxygen atoms in total. The first-order valence-electron chi connectivity index (χ1n) is 9.12. The lowest BCUT2D eigenvalue weighted by atomic mass is 10.2. The molecule has 0 aliphatic carbocycles. The number of carbonyl (C=O) groups excluding carboxylic acids is 1. The summed E-state index contributed by atoms with van der Waals surface area (Å²) in [6.07, 6.45) is -0.0730. The third-order valence-corrected chi connectivity index (χ3v) is 6.09. The van der Waals surface area contributed by atoms with Gasteiger partial charge in [0.15, 0.2) is 0 Å². The number of hydrogen-bond donors (Lipinski definition) is 1. The van der Waals surface area contributed by atoms with Crippen LogP contribution in [0, 0.1) is 0 Å². The number of amides is 1. The molecule has 156 valence electrons. The molecule has 1 aliphatic heterocycles. The van der Waals surface area contributed by atoms with E-state index in [2.05, 4.69) is 15.3 Å². The van der Waals surface area contributed by atoms with E-state index >= 15 is 0 Å². The molecular weight excluding hydrogens is 435 g/mol. The maximum absolute atomic E-state index is 12.1. The zero-order valence-corrected chi connectivity index (χ0v) is 18.3. The fraction of sp³-hybridized carbons (Fsp3) is 0.421. The van der Waals surface area contributed by atoms with Crippen molar-refractivity contribution in [3.05, 3.63) is 56.3 Å². The molecule has 2 heterocycles. The zero-order chi connectivity index (χ0) is 20.8. The first kappa shape index (κ1) is 22.1. The van der Waals surface area contributed by atoms with E-state index in [9.17, 15) is 9.59 Å². The summed E-state index contributed by atoms with van der Waals surface area (Å²) < 4.78 is 7.02. The molecule has 1 saturated heterocycles. The zero-order valence-electron chi connectivity index (χ0n) is 15.9. The van der Waals surface area contributed by atoms with Crippen molar-refractivity contribution in [3.63, 3.8) is 0 Å². The predicted octanol–water partition coefficient (Wildman–Crippen LogP) is 2.20. The lowest BCUT2D eigenvalue weighted by molar-refractivity contribution is -0.119. The molecule has 1 unspecified atom stereocenters. The van der Waals surface area contributed by atoms with Crippen molar-refractivity contribution < 1.29 is 9.53 Å². The fourth-order valence-corrected chi connectivity index (χ4v) is 3.97. The number of aryl methyl sites for hydroxylation is 1. The van der Waals surface area contributed by atoms with E-state index < -0.39 is 0 Å². The molecule has 3 rings (SSSR count). The van der Waals surface area contributed by atoms with E-state index in [0.717, 1.165) is 25.2 Å². The summed E-state index contributed by atoms with van der Waals surface area (Å²) in [5, 5.41) is 8.72. The number of rotatable bonds is 7. The Kier molecular flexibility index (Phi) is 7.97. The first-order chi connectivity index (χ1) is 13.9. The molecule has 1 N–H and O–H groups in total. The average Bonchev–Trinajstić information content (AvgIpc) is 2.70. The van der Waals surface area contributed by atoms with Crippen LogP contribution in [0.1, 0.15) is 5.56 Å². The maximum Gasteiger partial charge on any atom is 0.266 e. The number of nitrogens with one attached hydrogen (secondary N) is 1. The molecule has 2 aromatic rings. The van der Waals surface area contributed by atoms with Crippen LogP contribution in [0.25, 0.3) is 0 Å². The van der Waals surface area contributed by atoms with Crippen molar-refractivity contribution in [2.75, 3.05) is 32.0 Å². The minimum absolute atomic E-state index is 0.0730. The second kappa shape index (κ2) is 10.4. The number of morpholine rings is 1. The van der Waals surface area contributed by atoms with E-state index in [1.165, 1.54) is 22.5 Å². The van der Waals surface area contributed by atoms with E-state index in [0.29, 0.717) is 28.2 Å². The van der Waals surface area contributed by atoms with Gasteiger partial charge in [-0.25, -0.2) is 4.68 Å². The molecule has 1 atom stereocenters. The fourth-order valence-electron chi connectivity index (χ4n) is 2.92. The normalized spacial score (nSPS) is 17.3. The Morgan fingerprint density at radius 3 is 2.90 bits per heavy atom. The summed E-state index contributed by atoms with van der Waals surface area (Å²) >= 11 is 13.3. The topological polar surface area (TPSA) is 76.5 Å². The van der Waals surface area contributed by atoms with Gasteiger partial charge in [-0.1, -0.05) is 41.0 Å². The third kappa shape index (κ3) is 6.72. The molecule has 1 aromatic carbocycles. The van der Waals surface area contributed by atoms with Gasteiger partial charge in [-0.2, -0.15) is 5.10 Å². The van der Waals surface area contributed by atoms with Gasteiger partial charge in [0.2, 0.25) is 5.91 Å². The molecule has 1 amide bonds. The molecule has 1 aliphatic rings. The van der Waals surface area contributed by atoms with E-state index in [4.69, 9.17) is 27.9 Å². The van der Waals surface area contributed by atoms with Crippen LogP contribution < -0.4 is 10.9 Å². The number of aromatic nitrogens is 2. The Bertz CT molecular complexity index is 925. The van der Waals surface area contributed by atoms with Crippen molar-refractivity contribution in [2.24, 2.45) is 7.05 Å². The van der Waals surface area contributed by atoms with Gasteiger partial charge < -0.3 is 10.1 Å². The van der Waals surface area contributed by atoms with Crippen LogP contribution in [0.5, 0.6) is 0 Å². The quantitative estimate of drug-likeness (QED) is 0.643. The van der Waals surface area contributed by atoms with Crippen LogP contribution in [-0.4, -0.2) is 58.7 Å². The minimum Gasteiger partial charge on any atom is -0.374 e. The molecule has 1 aromatic heterocycles. The van der Waals surface area contributed by atoms with Crippen LogP contribution in [-0.2, 0) is 23.1 Å². The van der Waals surface area contributed by atoms with Crippen LogP contribution >= 0.6 is 35.0 Å². The van der Waals surface area contributed by atoms with Crippen LogP contribution in [0.3, 0.4) is 0 Å². The highest BCUT2D eigenvalue weighted by Gasteiger charge is 2.21. The monoisotopic (exact) mass is 456 g/mol. The van der Waals surface area contributed by atoms with Crippen molar-refractivity contribution in [3.8, 4) is 0 Å². The van der Waals surface area contributed by atoms with E-state index in [1.54, 1.807) is 19.2 Å². The molecule has 0 bridgehead atoms. The summed E-state index contributed by atoms with van der Waals surface area (Å²) in [6.45, 7) is 3.34. The van der Waals surface area contributed by atoms with Crippen molar-refractivity contribution >= 4 is 40.9 Å². The molecule has 10 heteroatoms. The maximum atomic E-state index is 12.1. The lowest BCUT2D eigenvalue weighted by Crippen LogP contribution is -2.47. The van der Waals surface area contributed by atoms with Crippen molar-refractivity contribution in [2.45, 2.75) is 17.7 Å². The smallest absolute Gasteiger partial charge is 0.266 e. The van der Waals surface area contributed by atoms with Gasteiger partial charge in [-0.15, -0.1) is 0 Å². The second-order valence-electron chi connectivity index (χ2n) is 6.70. The van der Waals surface area contributed by atoms with Crippen molar-refractivity contribution in [1.29, 1.82) is 0 Å². The molecule has 0 radical (unpaired) electrons. The Balaban J connectivity index is 1.42. The van der Waals surface area contributed by atoms with Gasteiger partial charge in [0.1, 0.15) is 5.03 Å². The number of benzene rings is 1. The minimum atomic E-state index is -0.182. The van der Waals surface area contributed by atoms with Gasteiger partial charge in [-0.3, -0.25) is 14.5 Å². The van der Waals surface area contributed by atoms with Gasteiger partial charge in [0.25, 0.3) is 5.56 Å². The first-order valence-corrected chi connectivity index (χ1v) is 10.9. The van der Waals surface area contributed by atoms with Gasteiger partial charge in [-0.05, 0) is 23.8 Å². The van der Waals surface area contributed by atoms with Gasteiger partial charge in [0, 0.05) is 39.3 Å². The number of ether oxygens (including phenoxy) is 1. The summed E-state index contributed by atoms with van der Waals surface area (Å²) in [5.41, 5.74) is 0.906. The SMILES string of the molecule is Cn1nc(SCC(=O)NCC2CN(Cc3ccc(Cl)c(Cl)c3)CCO2)ccc1=O. The standard InChI is InChI=1S/C19H22Cl2N4O3S/c1-24-19(27)5-4-18(23-24)29-12-17(26)22-9-14-11-25(6-7-28-14)10-13-2-3-15(20)16(21)8-13/h2-5,8,14H,6-7,9-12H2,1H3,(H,22,26). The van der Waals surface area contributed by atoms with Gasteiger partial charge >= 0.3 is 0 Å². The van der Waals surface area contributed by atoms with Crippen LogP contribution in [0.15, 0.2) is 40.2 Å². The molecule has 0 saturated carbocycles. The number of halogens is 2. The Morgan fingerprint density at radius 2 is 2.14 bits per heavy atom. The van der Waals surface area contributed by atoms with E-state index in [1.807, 2.05) is 12.1 Å². The molecule has 29 heavy (non-hydrogen) atoms. The number of hydrogen-bond acceptors (Lipinski definition) is 6. The van der Waals surface area contributed by atoms with Gasteiger partial charge in [0.05, 0.1) is 28.5 Å². The van der Waals surface area contributed by atoms with E-state index in [-0.39, 0.29) is 23.3 Å². The molecule has 0 spiro atoms. The second-order valence-corrected chi connectivity index (χ2v) is 8.51. The number of nitrogens with zero attached hydrogens (tertiary/aromatic N) is 3. The number of carbonyl (C=O) groups is 1. The molecular formula is C19H22Cl2N4O3S. The largest absolute Gasteiger partial charge is 0.374 e. The Hall–Kier alpha value is -1.58. The highest BCUT2D eigenvalue weighted by Crippen LogP contribution is 2.23. The predicted molar refractivity (Wildman–Crippen MR) is 115 cm³/mol. The molecule has 1 fully saturated rings. The summed E-state index contributed by atoms with van der Waals surface area (Å²) in [7, 11) is 1.58. The van der Waals surface area contributed by atoms with Crippen LogP contribution in [0.4, 0.5) is 0 Å².